The van der Waals surface area contributed by atoms with Crippen LogP contribution in [0.25, 0.3) is 0 Å². The molecule has 2 nitrogen and oxygen atoms in total. The molecule has 0 aliphatic carbocycles. The Hall–Kier alpha value is -2.09. The fraction of sp³-hybridized carbons (Fsp3) is 0.350. The predicted molar refractivity (Wildman–Crippen MR) is 90.1 cm³/mol. The van der Waals surface area contributed by atoms with Crippen molar-refractivity contribution in [3.05, 3.63) is 71.8 Å². The lowest BCUT2D eigenvalue weighted by molar-refractivity contribution is -0.137. The minimum absolute atomic E-state index is 0.0407. The van der Waals surface area contributed by atoms with Gasteiger partial charge in [0.15, 0.2) is 0 Å². The highest BCUT2D eigenvalue weighted by molar-refractivity contribution is 5.68. The van der Waals surface area contributed by atoms with Crippen LogP contribution in [-0.2, 0) is 4.79 Å². The third kappa shape index (κ3) is 3.97. The molecule has 2 rings (SSSR count). The Balaban J connectivity index is 2.33. The van der Waals surface area contributed by atoms with Crippen molar-refractivity contribution in [2.45, 2.75) is 38.5 Å². The molecule has 0 heterocycles. The molecular weight excluding hydrogens is 272 g/mol. The van der Waals surface area contributed by atoms with Crippen molar-refractivity contribution in [1.82, 2.24) is 0 Å². The number of carboxylic acid groups (broad SMARTS) is 1. The molecular formula is C20H24O2. The molecule has 3 atom stereocenters. The summed E-state index contributed by atoms with van der Waals surface area (Å²) in [5, 5.41) is 9.34. The Morgan fingerprint density at radius 3 is 1.91 bits per heavy atom. The van der Waals surface area contributed by atoms with E-state index in [0.717, 1.165) is 12.0 Å². The number of carboxylic acids is 1. The molecule has 2 heteroatoms. The first-order valence-electron chi connectivity index (χ1n) is 7.95. The average molecular weight is 296 g/mol. The Labute approximate surface area is 132 Å². The molecule has 2 aromatic rings. The van der Waals surface area contributed by atoms with Gasteiger partial charge >= 0.3 is 5.97 Å². The third-order valence-electron chi connectivity index (χ3n) is 4.58. The van der Waals surface area contributed by atoms with Gasteiger partial charge in [0, 0.05) is 0 Å². The standard InChI is InChI=1S/C20H24O2/c1-3-18(15(2)16-10-6-4-7-11-16)19(14-20(21)22)17-12-8-5-9-13-17/h4-13,15,18-19H,3,14H2,1-2H3,(H,21,22). The van der Waals surface area contributed by atoms with E-state index in [1.54, 1.807) is 0 Å². The van der Waals surface area contributed by atoms with E-state index in [0.29, 0.717) is 11.8 Å². The minimum atomic E-state index is -0.729. The van der Waals surface area contributed by atoms with Gasteiger partial charge in [-0.05, 0) is 28.9 Å². The Kier molecular flexibility index (Phi) is 5.76. The van der Waals surface area contributed by atoms with Gasteiger partial charge in [-0.2, -0.15) is 0 Å². The topological polar surface area (TPSA) is 37.3 Å². The van der Waals surface area contributed by atoms with Crippen molar-refractivity contribution in [2.75, 3.05) is 0 Å². The van der Waals surface area contributed by atoms with Gasteiger partial charge in [-0.15, -0.1) is 0 Å². The molecule has 0 amide bonds. The molecule has 1 N–H and O–H groups in total. The van der Waals surface area contributed by atoms with E-state index in [2.05, 4.69) is 26.0 Å². The zero-order valence-electron chi connectivity index (χ0n) is 13.3. The second-order valence-electron chi connectivity index (χ2n) is 5.89. The highest BCUT2D eigenvalue weighted by atomic mass is 16.4. The zero-order valence-corrected chi connectivity index (χ0v) is 13.3. The average Bonchev–Trinajstić information content (AvgIpc) is 2.55. The number of hydrogen-bond acceptors (Lipinski definition) is 1. The van der Waals surface area contributed by atoms with Gasteiger partial charge in [0.25, 0.3) is 0 Å². The third-order valence-corrected chi connectivity index (χ3v) is 4.58. The highest BCUT2D eigenvalue weighted by Crippen LogP contribution is 2.39. The molecule has 0 saturated carbocycles. The summed E-state index contributed by atoms with van der Waals surface area (Å²) in [4.78, 5) is 11.4. The summed E-state index contributed by atoms with van der Waals surface area (Å²) >= 11 is 0. The number of rotatable bonds is 7. The van der Waals surface area contributed by atoms with Crippen molar-refractivity contribution >= 4 is 5.97 Å². The van der Waals surface area contributed by atoms with Crippen LogP contribution in [0.1, 0.15) is 49.7 Å². The van der Waals surface area contributed by atoms with Gasteiger partial charge in [0.2, 0.25) is 0 Å². The first kappa shape index (κ1) is 16.3. The normalized spacial score (nSPS) is 15.0. The Morgan fingerprint density at radius 1 is 0.955 bits per heavy atom. The fourth-order valence-electron chi connectivity index (χ4n) is 3.40. The lowest BCUT2D eigenvalue weighted by Gasteiger charge is -2.31. The summed E-state index contributed by atoms with van der Waals surface area (Å²) in [5.41, 5.74) is 2.40. The van der Waals surface area contributed by atoms with Gasteiger partial charge in [0.1, 0.15) is 0 Å². The van der Waals surface area contributed by atoms with Crippen LogP contribution in [0.4, 0.5) is 0 Å². The number of benzene rings is 2. The van der Waals surface area contributed by atoms with E-state index in [4.69, 9.17) is 0 Å². The lowest BCUT2D eigenvalue weighted by atomic mass is 9.73. The van der Waals surface area contributed by atoms with E-state index in [-0.39, 0.29) is 12.3 Å². The maximum Gasteiger partial charge on any atom is 0.303 e. The summed E-state index contributed by atoms with van der Waals surface area (Å²) in [7, 11) is 0. The van der Waals surface area contributed by atoms with Crippen molar-refractivity contribution in [3.63, 3.8) is 0 Å². The van der Waals surface area contributed by atoms with Crippen molar-refractivity contribution < 1.29 is 9.90 Å². The van der Waals surface area contributed by atoms with Crippen LogP contribution in [-0.4, -0.2) is 11.1 Å². The molecule has 0 aromatic heterocycles. The van der Waals surface area contributed by atoms with Gasteiger partial charge < -0.3 is 5.11 Å². The molecule has 0 radical (unpaired) electrons. The second kappa shape index (κ2) is 7.79. The highest BCUT2D eigenvalue weighted by Gasteiger charge is 2.29. The van der Waals surface area contributed by atoms with Crippen LogP contribution in [0.5, 0.6) is 0 Å². The summed E-state index contributed by atoms with van der Waals surface area (Å²) in [6.07, 6.45) is 1.14. The second-order valence-corrected chi connectivity index (χ2v) is 5.89. The van der Waals surface area contributed by atoms with Crippen LogP contribution in [0.3, 0.4) is 0 Å². The fourth-order valence-corrected chi connectivity index (χ4v) is 3.40. The zero-order chi connectivity index (χ0) is 15.9. The van der Waals surface area contributed by atoms with E-state index in [1.807, 2.05) is 48.5 Å². The predicted octanol–water partition coefficient (Wildman–Crippen LogP) is 5.07. The number of hydrogen-bond donors (Lipinski definition) is 1. The minimum Gasteiger partial charge on any atom is -0.481 e. The quantitative estimate of drug-likeness (QED) is 0.774. The number of carbonyl (C=O) groups is 1. The van der Waals surface area contributed by atoms with E-state index in [1.165, 1.54) is 5.56 Å². The van der Waals surface area contributed by atoms with Gasteiger partial charge in [-0.25, -0.2) is 0 Å². The molecule has 2 aromatic carbocycles. The number of aliphatic carboxylic acids is 1. The molecule has 0 bridgehead atoms. The smallest absolute Gasteiger partial charge is 0.303 e. The molecule has 0 aliphatic rings. The molecule has 22 heavy (non-hydrogen) atoms. The molecule has 0 spiro atoms. The van der Waals surface area contributed by atoms with Crippen LogP contribution >= 0.6 is 0 Å². The molecule has 116 valence electrons. The van der Waals surface area contributed by atoms with E-state index in [9.17, 15) is 9.90 Å². The summed E-state index contributed by atoms with van der Waals surface area (Å²) in [6, 6.07) is 20.4. The first-order valence-corrected chi connectivity index (χ1v) is 7.95. The first-order chi connectivity index (χ1) is 10.6. The molecule has 0 fully saturated rings. The maximum absolute atomic E-state index is 11.4. The Bertz CT molecular complexity index is 577. The monoisotopic (exact) mass is 296 g/mol. The van der Waals surface area contributed by atoms with Crippen molar-refractivity contribution in [2.24, 2.45) is 5.92 Å². The summed E-state index contributed by atoms with van der Waals surface area (Å²) in [6.45, 7) is 4.36. The van der Waals surface area contributed by atoms with Gasteiger partial charge in [-0.3, -0.25) is 4.79 Å². The Morgan fingerprint density at radius 2 is 1.45 bits per heavy atom. The van der Waals surface area contributed by atoms with Crippen LogP contribution in [0, 0.1) is 5.92 Å². The van der Waals surface area contributed by atoms with Crippen LogP contribution in [0.15, 0.2) is 60.7 Å². The maximum atomic E-state index is 11.4. The summed E-state index contributed by atoms with van der Waals surface area (Å²) in [5.74, 6) is -0.0527. The van der Waals surface area contributed by atoms with Gasteiger partial charge in [0.05, 0.1) is 6.42 Å². The molecule has 3 unspecified atom stereocenters. The van der Waals surface area contributed by atoms with Crippen LogP contribution < -0.4 is 0 Å². The molecule has 0 aliphatic heterocycles. The lowest BCUT2D eigenvalue weighted by Crippen LogP contribution is -2.21. The van der Waals surface area contributed by atoms with Crippen LogP contribution in [0.2, 0.25) is 0 Å². The van der Waals surface area contributed by atoms with Crippen molar-refractivity contribution in [1.29, 1.82) is 0 Å². The summed E-state index contributed by atoms with van der Waals surface area (Å²) < 4.78 is 0. The largest absolute Gasteiger partial charge is 0.481 e. The van der Waals surface area contributed by atoms with E-state index < -0.39 is 5.97 Å². The van der Waals surface area contributed by atoms with E-state index >= 15 is 0 Å². The SMILES string of the molecule is CCC(C(C)c1ccccc1)C(CC(=O)O)c1ccccc1. The van der Waals surface area contributed by atoms with Crippen molar-refractivity contribution in [3.8, 4) is 0 Å². The molecule has 0 saturated heterocycles. The van der Waals surface area contributed by atoms with Gasteiger partial charge in [-0.1, -0.05) is 80.9 Å².